The van der Waals surface area contributed by atoms with E-state index in [0.717, 1.165) is 27.2 Å². The second-order valence-corrected chi connectivity index (χ2v) is 10.0. The second kappa shape index (κ2) is 5.54. The molecule has 1 saturated heterocycles. The molecule has 1 fully saturated rings. The van der Waals surface area contributed by atoms with E-state index in [0.29, 0.717) is 0 Å². The fourth-order valence-electron chi connectivity index (χ4n) is 5.18. The molecule has 2 aromatic carbocycles. The van der Waals surface area contributed by atoms with Gasteiger partial charge in [-0.2, -0.15) is 0 Å². The van der Waals surface area contributed by atoms with Gasteiger partial charge in [-0.1, -0.05) is 80.4 Å². The minimum Gasteiger partial charge on any atom is -0.480 e. The van der Waals surface area contributed by atoms with Gasteiger partial charge in [-0.3, -0.25) is 14.5 Å². The highest BCUT2D eigenvalue weighted by molar-refractivity contribution is 9.10. The van der Waals surface area contributed by atoms with E-state index in [1.165, 1.54) is 6.92 Å². The quantitative estimate of drug-likeness (QED) is 0.502. The maximum Gasteiger partial charge on any atom is 0.326 e. The van der Waals surface area contributed by atoms with Crippen molar-refractivity contribution in [1.29, 1.82) is 0 Å². The molecule has 1 aliphatic heterocycles. The minimum atomic E-state index is -1.22. The lowest BCUT2D eigenvalue weighted by Crippen LogP contribution is -2.56. The number of aliphatic carboxylic acids is 1. The van der Waals surface area contributed by atoms with Crippen LogP contribution in [0.3, 0.4) is 0 Å². The summed E-state index contributed by atoms with van der Waals surface area (Å²) in [6.07, 6.45) is 0. The SMILES string of the molecule is C[C@H](C(=O)O)N1C(=O)[C@H]2[C@H](C1=O)C1(Br)c3ccccc3C2(Br)c2ccccc21. The molecule has 28 heavy (non-hydrogen) atoms. The van der Waals surface area contributed by atoms with E-state index in [4.69, 9.17) is 0 Å². The molecule has 0 radical (unpaired) electrons. The van der Waals surface area contributed by atoms with Gasteiger partial charge in [-0.05, 0) is 29.2 Å². The van der Waals surface area contributed by atoms with Crippen LogP contribution >= 0.6 is 31.9 Å². The zero-order chi connectivity index (χ0) is 20.0. The van der Waals surface area contributed by atoms with Gasteiger partial charge in [-0.15, -0.1) is 0 Å². The molecule has 2 amide bonds. The standard InChI is InChI=1S/C21H15Br2NO4/c1-10(19(27)28)24-17(25)15-16(18(24)26)21(23)12-7-3-2-6-11(12)20(15,22)13-8-4-5-9-14(13)21/h2-10,15-16H,1H3,(H,27,28)/t10-,15-,16-,20?,21?/m1/s1. The van der Waals surface area contributed by atoms with Gasteiger partial charge in [0.1, 0.15) is 6.04 Å². The number of carboxylic acid groups (broad SMARTS) is 1. The van der Waals surface area contributed by atoms with Crippen LogP contribution in [0.2, 0.25) is 0 Å². The third kappa shape index (κ3) is 1.80. The fraction of sp³-hybridized carbons (Fsp3) is 0.286. The Bertz CT molecular complexity index is 960. The zero-order valence-corrected chi connectivity index (χ0v) is 17.9. The lowest BCUT2D eigenvalue weighted by Gasteiger charge is -2.55. The molecule has 142 valence electrons. The van der Waals surface area contributed by atoms with E-state index in [1.54, 1.807) is 0 Å². The van der Waals surface area contributed by atoms with Gasteiger partial charge < -0.3 is 5.11 Å². The van der Waals surface area contributed by atoms with Gasteiger partial charge in [0.05, 0.1) is 20.5 Å². The first-order valence-corrected chi connectivity index (χ1v) is 10.5. The van der Waals surface area contributed by atoms with Crippen molar-refractivity contribution in [2.75, 3.05) is 0 Å². The molecule has 0 unspecified atom stereocenters. The van der Waals surface area contributed by atoms with Crippen LogP contribution in [0.4, 0.5) is 0 Å². The van der Waals surface area contributed by atoms with Gasteiger partial charge >= 0.3 is 5.97 Å². The predicted molar refractivity (Wildman–Crippen MR) is 108 cm³/mol. The highest BCUT2D eigenvalue weighted by Crippen LogP contribution is 2.70. The molecule has 1 N–H and O–H groups in total. The number of carboxylic acids is 1. The van der Waals surface area contributed by atoms with Crippen LogP contribution in [0.1, 0.15) is 29.2 Å². The smallest absolute Gasteiger partial charge is 0.326 e. The fourth-order valence-corrected chi connectivity index (χ4v) is 7.48. The van der Waals surface area contributed by atoms with Crippen LogP contribution in [0, 0.1) is 11.8 Å². The highest BCUT2D eigenvalue weighted by atomic mass is 79.9. The number of halogens is 2. The average molecular weight is 505 g/mol. The van der Waals surface area contributed by atoms with Crippen molar-refractivity contribution in [3.63, 3.8) is 0 Å². The molecule has 1 heterocycles. The molecule has 2 aromatic rings. The minimum absolute atomic E-state index is 0.449. The van der Waals surface area contributed by atoms with Crippen molar-refractivity contribution in [3.05, 3.63) is 70.8 Å². The summed E-state index contributed by atoms with van der Waals surface area (Å²) in [5.74, 6) is -3.56. The first-order valence-electron chi connectivity index (χ1n) is 8.93. The average Bonchev–Trinajstić information content (AvgIpc) is 2.97. The normalized spacial score (nSPS) is 33.3. The molecule has 0 aromatic heterocycles. The number of carbonyl (C=O) groups is 3. The number of hydrogen-bond acceptors (Lipinski definition) is 3. The maximum absolute atomic E-state index is 13.4. The van der Waals surface area contributed by atoms with E-state index in [9.17, 15) is 19.5 Å². The third-order valence-corrected chi connectivity index (χ3v) is 9.06. The number of nitrogens with zero attached hydrogens (tertiary/aromatic N) is 1. The Balaban J connectivity index is 1.86. The van der Waals surface area contributed by atoms with Crippen molar-refractivity contribution in [2.45, 2.75) is 21.6 Å². The number of imide groups is 1. The monoisotopic (exact) mass is 503 g/mol. The Kier molecular flexibility index (Phi) is 3.57. The Morgan fingerprint density at radius 3 is 1.50 bits per heavy atom. The Morgan fingerprint density at radius 1 is 0.893 bits per heavy atom. The highest BCUT2D eigenvalue weighted by Gasteiger charge is 2.73. The summed E-state index contributed by atoms with van der Waals surface area (Å²) in [5.41, 5.74) is 3.71. The molecule has 3 aliphatic carbocycles. The van der Waals surface area contributed by atoms with Gasteiger partial charge in [0.25, 0.3) is 0 Å². The summed E-state index contributed by atoms with van der Waals surface area (Å²) in [7, 11) is 0. The van der Waals surface area contributed by atoms with E-state index < -0.39 is 44.3 Å². The Hall–Kier alpha value is -1.99. The van der Waals surface area contributed by atoms with Crippen LogP contribution in [-0.2, 0) is 23.0 Å². The van der Waals surface area contributed by atoms with Crippen molar-refractivity contribution in [1.82, 2.24) is 4.90 Å². The molecule has 0 saturated carbocycles. The van der Waals surface area contributed by atoms with Crippen LogP contribution in [-0.4, -0.2) is 33.8 Å². The first kappa shape index (κ1) is 18.1. The summed E-state index contributed by atoms with van der Waals surface area (Å²) in [4.78, 5) is 39.4. The number of benzene rings is 2. The molecule has 7 heteroatoms. The lowest BCUT2D eigenvalue weighted by molar-refractivity contribution is -0.154. The largest absolute Gasteiger partial charge is 0.480 e. The summed E-state index contributed by atoms with van der Waals surface area (Å²) in [6.45, 7) is 1.37. The number of likely N-dealkylation sites (tertiary alicyclic amines) is 1. The predicted octanol–water partition coefficient (Wildman–Crippen LogP) is 3.36. The first-order chi connectivity index (χ1) is 13.3. The van der Waals surface area contributed by atoms with Crippen molar-refractivity contribution < 1.29 is 19.5 Å². The number of carbonyl (C=O) groups excluding carboxylic acids is 2. The molecule has 0 spiro atoms. The number of alkyl halides is 2. The molecule has 6 rings (SSSR count). The number of rotatable bonds is 2. The van der Waals surface area contributed by atoms with Crippen LogP contribution in [0.25, 0.3) is 0 Å². The van der Waals surface area contributed by atoms with E-state index in [-0.39, 0.29) is 0 Å². The van der Waals surface area contributed by atoms with Crippen LogP contribution in [0.15, 0.2) is 48.5 Å². The summed E-state index contributed by atoms with van der Waals surface area (Å²) < 4.78 is -1.78. The molecule has 3 atom stereocenters. The summed E-state index contributed by atoms with van der Waals surface area (Å²) in [6, 6.07) is 14.3. The van der Waals surface area contributed by atoms with Crippen molar-refractivity contribution in [3.8, 4) is 0 Å². The molecule has 5 nitrogen and oxygen atoms in total. The van der Waals surface area contributed by atoms with Crippen molar-refractivity contribution >= 4 is 49.6 Å². The molecular formula is C21H15Br2NO4. The molecule has 4 aliphatic rings. The van der Waals surface area contributed by atoms with E-state index in [2.05, 4.69) is 31.9 Å². The van der Waals surface area contributed by atoms with Crippen LogP contribution in [0.5, 0.6) is 0 Å². The van der Waals surface area contributed by atoms with Crippen molar-refractivity contribution in [2.24, 2.45) is 11.8 Å². The second-order valence-electron chi connectivity index (χ2n) is 7.53. The van der Waals surface area contributed by atoms with E-state index >= 15 is 0 Å². The Labute approximate surface area is 178 Å². The summed E-state index contributed by atoms with van der Waals surface area (Å²) >= 11 is 7.75. The number of hydrogen-bond donors (Lipinski definition) is 1. The van der Waals surface area contributed by atoms with Crippen LogP contribution < -0.4 is 0 Å². The molecule has 2 bridgehead atoms. The maximum atomic E-state index is 13.4. The molecular weight excluding hydrogens is 490 g/mol. The van der Waals surface area contributed by atoms with Gasteiger partial charge in [-0.25, -0.2) is 4.79 Å². The number of amides is 2. The van der Waals surface area contributed by atoms with Gasteiger partial charge in [0, 0.05) is 0 Å². The summed E-state index contributed by atoms with van der Waals surface area (Å²) in [5, 5.41) is 9.46. The zero-order valence-electron chi connectivity index (χ0n) is 14.7. The van der Waals surface area contributed by atoms with Gasteiger partial charge in [0.2, 0.25) is 11.8 Å². The lowest BCUT2D eigenvalue weighted by atomic mass is 9.54. The van der Waals surface area contributed by atoms with Gasteiger partial charge in [0.15, 0.2) is 0 Å². The van der Waals surface area contributed by atoms with E-state index in [1.807, 2.05) is 48.5 Å². The topological polar surface area (TPSA) is 74.7 Å². The third-order valence-electron chi connectivity index (χ3n) is 6.36. The Morgan fingerprint density at radius 2 is 1.21 bits per heavy atom.